The Bertz CT molecular complexity index is 944. The first-order chi connectivity index (χ1) is 15.5. The number of hydrogen-bond acceptors (Lipinski definition) is 5. The van der Waals surface area contributed by atoms with E-state index in [0.29, 0.717) is 6.54 Å². The molecule has 1 saturated heterocycles. The third-order valence-electron chi connectivity index (χ3n) is 5.66. The van der Waals surface area contributed by atoms with E-state index in [1.165, 1.54) is 6.07 Å². The molecule has 0 unspecified atom stereocenters. The lowest BCUT2D eigenvalue weighted by atomic mass is 10.0. The van der Waals surface area contributed by atoms with Crippen LogP contribution in [0.5, 0.6) is 0 Å². The number of likely N-dealkylation sites (N-methyl/N-ethyl adjacent to an activating group) is 1. The van der Waals surface area contributed by atoms with E-state index in [1.807, 2.05) is 26.0 Å². The zero-order valence-corrected chi connectivity index (χ0v) is 19.7. The first-order valence-electron chi connectivity index (χ1n) is 10.8. The second-order valence-corrected chi connectivity index (χ2v) is 9.00. The summed E-state index contributed by atoms with van der Waals surface area (Å²) in [6, 6.07) is 6.26. The highest BCUT2D eigenvalue weighted by Gasteiger charge is 2.31. The average Bonchev–Trinajstić information content (AvgIpc) is 2.76. The van der Waals surface area contributed by atoms with Crippen LogP contribution in [-0.4, -0.2) is 55.1 Å². The largest absolute Gasteiger partial charge is 0.416 e. The average molecular weight is 484 g/mol. The van der Waals surface area contributed by atoms with Gasteiger partial charge in [-0.15, -0.1) is 0 Å². The molecule has 10 heteroatoms. The molecule has 33 heavy (non-hydrogen) atoms. The second kappa shape index (κ2) is 10.6. The maximum Gasteiger partial charge on any atom is 0.416 e. The van der Waals surface area contributed by atoms with Crippen molar-refractivity contribution in [3.63, 3.8) is 0 Å². The quantitative estimate of drug-likeness (QED) is 0.616. The molecular formula is C23H29ClF3N5O. The minimum Gasteiger partial charge on any atom is -0.372 e. The number of benzene rings is 1. The number of nitrogens with one attached hydrogen (secondary N) is 2. The van der Waals surface area contributed by atoms with E-state index in [-0.39, 0.29) is 22.5 Å². The van der Waals surface area contributed by atoms with Crippen LogP contribution in [0.3, 0.4) is 0 Å². The Kier molecular flexibility index (Phi) is 8.07. The summed E-state index contributed by atoms with van der Waals surface area (Å²) in [4.78, 5) is 21.8. The molecule has 0 aliphatic carbocycles. The second-order valence-electron chi connectivity index (χ2n) is 8.59. The number of piperazine rings is 1. The van der Waals surface area contributed by atoms with Crippen LogP contribution in [0.15, 0.2) is 36.5 Å². The molecule has 6 nitrogen and oxygen atoms in total. The maximum atomic E-state index is 12.9. The van der Waals surface area contributed by atoms with Gasteiger partial charge in [0.1, 0.15) is 11.9 Å². The van der Waals surface area contributed by atoms with Crippen LogP contribution < -0.4 is 15.5 Å². The van der Waals surface area contributed by atoms with Gasteiger partial charge in [-0.2, -0.15) is 13.2 Å². The molecule has 1 aromatic carbocycles. The lowest BCUT2D eigenvalue weighted by molar-refractivity contribution is -0.137. The maximum absolute atomic E-state index is 12.9. The SMILES string of the molecule is CC(C)[C@H](Nc1ccc(C(F)(F)F)cc1Cl)C(=O)NCc1ccc(N2CCN(C)CC2)nc1. The predicted octanol–water partition coefficient (Wildman–Crippen LogP) is 4.26. The highest BCUT2D eigenvalue weighted by molar-refractivity contribution is 6.33. The Balaban J connectivity index is 1.59. The summed E-state index contributed by atoms with van der Waals surface area (Å²) in [6.45, 7) is 7.82. The zero-order valence-electron chi connectivity index (χ0n) is 18.9. The number of carbonyl (C=O) groups excluding carboxylic acids is 1. The van der Waals surface area contributed by atoms with Crippen LogP contribution in [0, 0.1) is 5.92 Å². The number of amides is 1. The third kappa shape index (κ3) is 6.74. The molecule has 1 aliphatic rings. The highest BCUT2D eigenvalue weighted by atomic mass is 35.5. The predicted molar refractivity (Wildman–Crippen MR) is 124 cm³/mol. The third-order valence-corrected chi connectivity index (χ3v) is 5.97. The molecule has 1 fully saturated rings. The molecule has 180 valence electrons. The molecule has 0 radical (unpaired) electrons. The summed E-state index contributed by atoms with van der Waals surface area (Å²) in [5.41, 5.74) is 0.295. The molecule has 0 bridgehead atoms. The van der Waals surface area contributed by atoms with Crippen molar-refractivity contribution in [1.29, 1.82) is 0 Å². The van der Waals surface area contributed by atoms with E-state index in [1.54, 1.807) is 6.20 Å². The van der Waals surface area contributed by atoms with Gasteiger partial charge in [0, 0.05) is 38.9 Å². The van der Waals surface area contributed by atoms with Gasteiger partial charge in [-0.05, 0) is 42.8 Å². The van der Waals surface area contributed by atoms with Crippen LogP contribution in [0.2, 0.25) is 5.02 Å². The van der Waals surface area contributed by atoms with Crippen LogP contribution in [0.25, 0.3) is 0 Å². The molecule has 2 heterocycles. The fourth-order valence-electron chi connectivity index (χ4n) is 3.55. The molecule has 1 aliphatic heterocycles. The topological polar surface area (TPSA) is 60.5 Å². The number of pyridine rings is 1. The lowest BCUT2D eigenvalue weighted by Crippen LogP contribution is -2.44. The molecular weight excluding hydrogens is 455 g/mol. The number of aromatic nitrogens is 1. The summed E-state index contributed by atoms with van der Waals surface area (Å²) in [5, 5.41) is 5.76. The van der Waals surface area contributed by atoms with Crippen molar-refractivity contribution < 1.29 is 18.0 Å². The van der Waals surface area contributed by atoms with Gasteiger partial charge in [0.2, 0.25) is 5.91 Å². The van der Waals surface area contributed by atoms with Crippen LogP contribution in [0.1, 0.15) is 25.0 Å². The lowest BCUT2D eigenvalue weighted by Gasteiger charge is -2.33. The number of rotatable bonds is 7. The molecule has 1 aromatic heterocycles. The number of alkyl halides is 3. The van der Waals surface area contributed by atoms with E-state index >= 15 is 0 Å². The Labute approximate surface area is 197 Å². The fourth-order valence-corrected chi connectivity index (χ4v) is 3.79. The standard InChI is InChI=1S/C23H29ClF3N5O/c1-15(2)21(30-19-6-5-17(12-18(19)24)23(25,26)27)22(33)29-14-16-4-7-20(28-13-16)32-10-8-31(3)9-11-32/h4-7,12-13,15,21,30H,8-11,14H2,1-3H3,(H,29,33)/t21-/m0/s1. The molecule has 0 spiro atoms. The van der Waals surface area contributed by atoms with Crippen molar-refractivity contribution in [2.45, 2.75) is 32.6 Å². The van der Waals surface area contributed by atoms with Gasteiger partial charge in [0.05, 0.1) is 16.3 Å². The highest BCUT2D eigenvalue weighted by Crippen LogP contribution is 2.34. The summed E-state index contributed by atoms with van der Waals surface area (Å²) in [7, 11) is 2.10. The fraction of sp³-hybridized carbons (Fsp3) is 0.478. The molecule has 1 amide bonds. The summed E-state index contributed by atoms with van der Waals surface area (Å²) < 4.78 is 38.6. The molecule has 1 atom stereocenters. The Morgan fingerprint density at radius 2 is 1.85 bits per heavy atom. The normalized spacial score (nSPS) is 16.1. The number of anilines is 2. The first kappa shape index (κ1) is 25.1. The Morgan fingerprint density at radius 3 is 2.39 bits per heavy atom. The van der Waals surface area contributed by atoms with Crippen LogP contribution in [-0.2, 0) is 17.5 Å². The van der Waals surface area contributed by atoms with Crippen LogP contribution in [0.4, 0.5) is 24.7 Å². The molecule has 3 rings (SSSR count). The van der Waals surface area contributed by atoms with Crippen molar-refractivity contribution in [1.82, 2.24) is 15.2 Å². The summed E-state index contributed by atoms with van der Waals surface area (Å²) in [6.07, 6.45) is -2.73. The Hall–Kier alpha value is -2.52. The zero-order chi connectivity index (χ0) is 24.2. The van der Waals surface area contributed by atoms with E-state index in [0.717, 1.165) is 49.7 Å². The number of halogens is 4. The van der Waals surface area contributed by atoms with Crippen molar-refractivity contribution in [2.24, 2.45) is 5.92 Å². The minimum absolute atomic E-state index is 0.0908. The van der Waals surface area contributed by atoms with Crippen molar-refractivity contribution in [3.05, 3.63) is 52.7 Å². The van der Waals surface area contributed by atoms with E-state index < -0.39 is 17.8 Å². The van der Waals surface area contributed by atoms with Gasteiger partial charge < -0.3 is 20.4 Å². The minimum atomic E-state index is -4.48. The van der Waals surface area contributed by atoms with Gasteiger partial charge in [-0.25, -0.2) is 4.98 Å². The van der Waals surface area contributed by atoms with E-state index in [9.17, 15) is 18.0 Å². The van der Waals surface area contributed by atoms with E-state index in [2.05, 4.69) is 32.5 Å². The Morgan fingerprint density at radius 1 is 1.15 bits per heavy atom. The van der Waals surface area contributed by atoms with Crippen LogP contribution >= 0.6 is 11.6 Å². The molecule has 2 N–H and O–H groups in total. The number of carbonyl (C=O) groups is 1. The molecule has 2 aromatic rings. The van der Waals surface area contributed by atoms with Crippen molar-refractivity contribution in [3.8, 4) is 0 Å². The number of hydrogen-bond donors (Lipinski definition) is 2. The van der Waals surface area contributed by atoms with E-state index in [4.69, 9.17) is 11.6 Å². The van der Waals surface area contributed by atoms with Gasteiger partial charge in [0.15, 0.2) is 0 Å². The van der Waals surface area contributed by atoms with Crippen molar-refractivity contribution in [2.75, 3.05) is 43.4 Å². The van der Waals surface area contributed by atoms with Gasteiger partial charge in [-0.1, -0.05) is 31.5 Å². The first-order valence-corrected chi connectivity index (χ1v) is 11.2. The van der Waals surface area contributed by atoms with Gasteiger partial charge in [-0.3, -0.25) is 4.79 Å². The summed E-state index contributed by atoms with van der Waals surface area (Å²) >= 11 is 6.04. The molecule has 0 saturated carbocycles. The van der Waals surface area contributed by atoms with Gasteiger partial charge >= 0.3 is 6.18 Å². The number of nitrogens with zero attached hydrogens (tertiary/aromatic N) is 3. The smallest absolute Gasteiger partial charge is 0.372 e. The summed E-state index contributed by atoms with van der Waals surface area (Å²) in [5.74, 6) is 0.516. The monoisotopic (exact) mass is 483 g/mol. The van der Waals surface area contributed by atoms with Crippen molar-refractivity contribution >= 4 is 29.0 Å². The van der Waals surface area contributed by atoms with Gasteiger partial charge in [0.25, 0.3) is 0 Å².